The van der Waals surface area contributed by atoms with Gasteiger partial charge < -0.3 is 14.7 Å². The Balaban J connectivity index is 1.71. The van der Waals surface area contributed by atoms with Gasteiger partial charge in [-0.05, 0) is 31.2 Å². The summed E-state index contributed by atoms with van der Waals surface area (Å²) in [5.74, 6) is 0.559. The highest BCUT2D eigenvalue weighted by molar-refractivity contribution is 6.04. The standard InChI is InChI=1S/C18H21N5O2/c1-2-23(15-6-4-3-5-7-15)18(25)16-8-9-17(20-19-16)22-12-10-21(14-24)11-13-22/h3-9,14H,2,10-13H2,1H3. The van der Waals surface area contributed by atoms with Crippen LogP contribution in [-0.2, 0) is 4.79 Å². The van der Waals surface area contributed by atoms with E-state index in [9.17, 15) is 9.59 Å². The molecule has 1 fully saturated rings. The number of carbonyl (C=O) groups is 2. The highest BCUT2D eigenvalue weighted by Gasteiger charge is 2.20. The van der Waals surface area contributed by atoms with Gasteiger partial charge in [-0.2, -0.15) is 0 Å². The van der Waals surface area contributed by atoms with Gasteiger partial charge in [0.05, 0.1) is 0 Å². The maximum atomic E-state index is 12.7. The molecule has 0 N–H and O–H groups in total. The quantitative estimate of drug-likeness (QED) is 0.771. The number of amides is 2. The van der Waals surface area contributed by atoms with Crippen LogP contribution in [0.3, 0.4) is 0 Å². The van der Waals surface area contributed by atoms with Gasteiger partial charge in [0, 0.05) is 38.4 Å². The number of hydrogen-bond acceptors (Lipinski definition) is 5. The predicted molar refractivity (Wildman–Crippen MR) is 95.7 cm³/mol. The van der Waals surface area contributed by atoms with Gasteiger partial charge in [-0.25, -0.2) is 0 Å². The molecule has 0 spiro atoms. The lowest BCUT2D eigenvalue weighted by Crippen LogP contribution is -2.46. The number of benzene rings is 1. The summed E-state index contributed by atoms with van der Waals surface area (Å²) in [5, 5.41) is 8.33. The zero-order valence-corrected chi connectivity index (χ0v) is 14.2. The van der Waals surface area contributed by atoms with E-state index in [1.54, 1.807) is 15.9 Å². The molecule has 0 saturated carbocycles. The smallest absolute Gasteiger partial charge is 0.278 e. The van der Waals surface area contributed by atoms with Gasteiger partial charge in [-0.3, -0.25) is 9.59 Å². The molecule has 1 aromatic heterocycles. The van der Waals surface area contributed by atoms with Crippen molar-refractivity contribution < 1.29 is 9.59 Å². The lowest BCUT2D eigenvalue weighted by atomic mass is 10.2. The van der Waals surface area contributed by atoms with Crippen LogP contribution in [0.5, 0.6) is 0 Å². The van der Waals surface area contributed by atoms with E-state index in [4.69, 9.17) is 0 Å². The van der Waals surface area contributed by atoms with Crippen LogP contribution >= 0.6 is 0 Å². The fourth-order valence-corrected chi connectivity index (χ4v) is 2.85. The zero-order valence-electron chi connectivity index (χ0n) is 14.2. The largest absolute Gasteiger partial charge is 0.352 e. The minimum Gasteiger partial charge on any atom is -0.352 e. The normalized spacial score (nSPS) is 14.3. The summed E-state index contributed by atoms with van der Waals surface area (Å²) in [6.45, 7) is 5.25. The first kappa shape index (κ1) is 16.9. The summed E-state index contributed by atoms with van der Waals surface area (Å²) < 4.78 is 0. The molecule has 7 nitrogen and oxygen atoms in total. The number of aromatic nitrogens is 2. The Hall–Kier alpha value is -2.96. The first-order valence-corrected chi connectivity index (χ1v) is 8.38. The van der Waals surface area contributed by atoms with Crippen molar-refractivity contribution in [1.29, 1.82) is 0 Å². The van der Waals surface area contributed by atoms with Crippen LogP contribution in [0.15, 0.2) is 42.5 Å². The highest BCUT2D eigenvalue weighted by Crippen LogP contribution is 2.17. The minimum atomic E-state index is -0.168. The maximum Gasteiger partial charge on any atom is 0.278 e. The Morgan fingerprint density at radius 2 is 1.80 bits per heavy atom. The first-order valence-electron chi connectivity index (χ1n) is 8.38. The summed E-state index contributed by atoms with van der Waals surface area (Å²) in [5.41, 5.74) is 1.16. The van der Waals surface area contributed by atoms with Crippen molar-refractivity contribution >= 4 is 23.8 Å². The molecule has 0 radical (unpaired) electrons. The Morgan fingerprint density at radius 1 is 1.08 bits per heavy atom. The highest BCUT2D eigenvalue weighted by atomic mass is 16.2. The lowest BCUT2D eigenvalue weighted by molar-refractivity contribution is -0.118. The molecular weight excluding hydrogens is 318 g/mol. The van der Waals surface area contributed by atoms with Crippen LogP contribution in [0.1, 0.15) is 17.4 Å². The number of piperazine rings is 1. The number of anilines is 2. The predicted octanol–water partition coefficient (Wildman–Crippen LogP) is 1.42. The second-order valence-corrected chi connectivity index (χ2v) is 5.79. The molecule has 25 heavy (non-hydrogen) atoms. The molecule has 0 bridgehead atoms. The molecule has 7 heteroatoms. The van der Waals surface area contributed by atoms with Gasteiger partial charge in [0.25, 0.3) is 5.91 Å². The average molecular weight is 339 g/mol. The van der Waals surface area contributed by atoms with Crippen LogP contribution in [0.4, 0.5) is 11.5 Å². The van der Waals surface area contributed by atoms with E-state index in [1.807, 2.05) is 43.3 Å². The molecule has 1 aromatic carbocycles. The fourth-order valence-electron chi connectivity index (χ4n) is 2.85. The van der Waals surface area contributed by atoms with Gasteiger partial charge in [-0.15, -0.1) is 10.2 Å². The number of hydrogen-bond donors (Lipinski definition) is 0. The molecule has 2 heterocycles. The Labute approximate surface area is 146 Å². The van der Waals surface area contributed by atoms with E-state index in [0.717, 1.165) is 17.9 Å². The second kappa shape index (κ2) is 7.74. The van der Waals surface area contributed by atoms with Crippen LogP contribution in [0.25, 0.3) is 0 Å². The summed E-state index contributed by atoms with van der Waals surface area (Å²) >= 11 is 0. The van der Waals surface area contributed by atoms with Crippen molar-refractivity contribution in [3.63, 3.8) is 0 Å². The molecule has 1 aliphatic heterocycles. The van der Waals surface area contributed by atoms with Crippen molar-refractivity contribution in [3.05, 3.63) is 48.2 Å². The van der Waals surface area contributed by atoms with Crippen molar-refractivity contribution in [2.24, 2.45) is 0 Å². The van der Waals surface area contributed by atoms with Crippen molar-refractivity contribution in [3.8, 4) is 0 Å². The average Bonchev–Trinajstić information content (AvgIpc) is 2.69. The molecule has 2 aromatic rings. The SMILES string of the molecule is CCN(C(=O)c1ccc(N2CCN(C=O)CC2)nn1)c1ccccc1. The Kier molecular flexibility index (Phi) is 5.23. The van der Waals surface area contributed by atoms with Gasteiger partial charge in [0.1, 0.15) is 0 Å². The number of rotatable bonds is 5. The van der Waals surface area contributed by atoms with E-state index in [0.29, 0.717) is 38.4 Å². The summed E-state index contributed by atoms with van der Waals surface area (Å²) in [7, 11) is 0. The molecule has 2 amide bonds. The summed E-state index contributed by atoms with van der Waals surface area (Å²) in [4.78, 5) is 29.0. The molecule has 130 valence electrons. The number of carbonyl (C=O) groups excluding carboxylic acids is 2. The van der Waals surface area contributed by atoms with E-state index < -0.39 is 0 Å². The number of nitrogens with zero attached hydrogens (tertiary/aromatic N) is 5. The van der Waals surface area contributed by atoms with Crippen molar-refractivity contribution in [2.45, 2.75) is 6.92 Å². The van der Waals surface area contributed by atoms with Crippen LogP contribution < -0.4 is 9.80 Å². The first-order chi connectivity index (χ1) is 12.2. The van der Waals surface area contributed by atoms with Crippen molar-refractivity contribution in [2.75, 3.05) is 42.5 Å². The molecule has 3 rings (SSSR count). The van der Waals surface area contributed by atoms with E-state index >= 15 is 0 Å². The summed E-state index contributed by atoms with van der Waals surface area (Å²) in [6, 6.07) is 13.0. The van der Waals surface area contributed by atoms with Crippen LogP contribution in [0.2, 0.25) is 0 Å². The van der Waals surface area contributed by atoms with E-state index in [1.165, 1.54) is 0 Å². The molecule has 0 aliphatic carbocycles. The van der Waals surface area contributed by atoms with Gasteiger partial charge in [0.2, 0.25) is 6.41 Å². The summed E-state index contributed by atoms with van der Waals surface area (Å²) in [6.07, 6.45) is 0.869. The van der Waals surface area contributed by atoms with Crippen LogP contribution in [0, 0.1) is 0 Å². The second-order valence-electron chi connectivity index (χ2n) is 5.79. The van der Waals surface area contributed by atoms with Gasteiger partial charge >= 0.3 is 0 Å². The van der Waals surface area contributed by atoms with Gasteiger partial charge in [0.15, 0.2) is 11.5 Å². The lowest BCUT2D eigenvalue weighted by Gasteiger charge is -2.33. The molecule has 1 aliphatic rings. The molecule has 1 saturated heterocycles. The third-order valence-electron chi connectivity index (χ3n) is 4.29. The molecular formula is C18H21N5O2. The third kappa shape index (κ3) is 3.76. The molecule has 0 atom stereocenters. The monoisotopic (exact) mass is 339 g/mol. The topological polar surface area (TPSA) is 69.6 Å². The van der Waals surface area contributed by atoms with E-state index in [-0.39, 0.29) is 5.91 Å². The van der Waals surface area contributed by atoms with Crippen LogP contribution in [-0.4, -0.2) is 60.1 Å². The fraction of sp³-hybridized carbons (Fsp3) is 0.333. The third-order valence-corrected chi connectivity index (χ3v) is 4.29. The van der Waals surface area contributed by atoms with E-state index in [2.05, 4.69) is 15.1 Å². The Morgan fingerprint density at radius 3 is 2.36 bits per heavy atom. The maximum absolute atomic E-state index is 12.7. The Bertz CT molecular complexity index is 712. The zero-order chi connectivity index (χ0) is 17.6. The van der Waals surface area contributed by atoms with Crippen molar-refractivity contribution in [1.82, 2.24) is 15.1 Å². The number of para-hydroxylation sites is 1. The van der Waals surface area contributed by atoms with Gasteiger partial charge in [-0.1, -0.05) is 18.2 Å². The molecule has 0 unspecified atom stereocenters. The minimum absolute atomic E-state index is 0.168.